The van der Waals surface area contributed by atoms with E-state index >= 15 is 0 Å². The molecule has 0 spiro atoms. The van der Waals surface area contributed by atoms with Crippen molar-refractivity contribution in [1.29, 1.82) is 0 Å². The Morgan fingerprint density at radius 1 is 0.926 bits per heavy atom. The van der Waals surface area contributed by atoms with Crippen LogP contribution < -0.4 is 11.2 Å². The highest BCUT2D eigenvalue weighted by Crippen LogP contribution is 2.31. The average Bonchev–Trinajstić information content (AvgIpc) is 3.06. The van der Waals surface area contributed by atoms with E-state index in [4.69, 9.17) is 0 Å². The maximum Gasteiger partial charge on any atom is 0.330 e. The maximum atomic E-state index is 13.0. The van der Waals surface area contributed by atoms with Crippen LogP contribution in [0.2, 0.25) is 0 Å². The van der Waals surface area contributed by atoms with Gasteiger partial charge in [0.15, 0.2) is 0 Å². The second-order valence-electron chi connectivity index (χ2n) is 6.66. The molecular formula is C21H18BrN3O2. The van der Waals surface area contributed by atoms with Gasteiger partial charge in [-0.2, -0.15) is 0 Å². The summed E-state index contributed by atoms with van der Waals surface area (Å²) in [6, 6.07) is 15.9. The zero-order valence-electron chi connectivity index (χ0n) is 15.2. The van der Waals surface area contributed by atoms with Crippen molar-refractivity contribution in [1.82, 2.24) is 13.7 Å². The van der Waals surface area contributed by atoms with Crippen LogP contribution in [0.3, 0.4) is 0 Å². The Bertz CT molecular complexity index is 1290. The predicted octanol–water partition coefficient (Wildman–Crippen LogP) is 3.77. The fourth-order valence-corrected chi connectivity index (χ4v) is 3.68. The minimum absolute atomic E-state index is 0.294. The lowest BCUT2D eigenvalue weighted by atomic mass is 10.1. The van der Waals surface area contributed by atoms with Crippen LogP contribution in [-0.4, -0.2) is 13.7 Å². The van der Waals surface area contributed by atoms with Gasteiger partial charge in [0.1, 0.15) is 0 Å². The number of aryl methyl sites for hydroxylation is 2. The number of benzene rings is 2. The molecule has 0 saturated heterocycles. The van der Waals surface area contributed by atoms with E-state index in [0.29, 0.717) is 10.9 Å². The van der Waals surface area contributed by atoms with Crippen molar-refractivity contribution in [2.45, 2.75) is 6.92 Å². The van der Waals surface area contributed by atoms with Gasteiger partial charge in [0, 0.05) is 30.5 Å². The molecule has 4 aromatic rings. The molecule has 5 nitrogen and oxygen atoms in total. The second kappa shape index (κ2) is 6.39. The first-order valence-corrected chi connectivity index (χ1v) is 9.32. The predicted molar refractivity (Wildman–Crippen MR) is 112 cm³/mol. The second-order valence-corrected chi connectivity index (χ2v) is 7.58. The third kappa shape index (κ3) is 2.77. The van der Waals surface area contributed by atoms with Gasteiger partial charge in [-0.3, -0.25) is 13.9 Å². The highest BCUT2D eigenvalue weighted by atomic mass is 79.9. The molecule has 2 aromatic carbocycles. The van der Waals surface area contributed by atoms with Gasteiger partial charge in [-0.25, -0.2) is 4.79 Å². The molecule has 2 heterocycles. The molecule has 6 heteroatoms. The molecular weight excluding hydrogens is 406 g/mol. The van der Waals surface area contributed by atoms with E-state index in [1.165, 1.54) is 11.6 Å². The summed E-state index contributed by atoms with van der Waals surface area (Å²) < 4.78 is 5.63. The largest absolute Gasteiger partial charge is 0.330 e. The number of rotatable bonds is 2. The third-order valence-electron chi connectivity index (χ3n) is 4.84. The van der Waals surface area contributed by atoms with Crippen LogP contribution in [0.15, 0.2) is 68.8 Å². The number of hydrogen-bond acceptors (Lipinski definition) is 2. The van der Waals surface area contributed by atoms with Crippen molar-refractivity contribution in [3.05, 3.63) is 85.6 Å². The molecule has 4 rings (SSSR count). The Labute approximate surface area is 164 Å². The normalized spacial score (nSPS) is 11.3. The molecule has 0 aliphatic rings. The number of hydrogen-bond donors (Lipinski definition) is 0. The van der Waals surface area contributed by atoms with Gasteiger partial charge in [0.25, 0.3) is 5.56 Å². The molecule has 0 fully saturated rings. The number of fused-ring (bicyclic) bond motifs is 1. The fourth-order valence-electron chi connectivity index (χ4n) is 3.41. The summed E-state index contributed by atoms with van der Waals surface area (Å²) in [5.41, 5.74) is 3.73. The lowest BCUT2D eigenvalue weighted by Crippen LogP contribution is -2.36. The fraction of sp³-hybridized carbons (Fsp3) is 0.143. The molecule has 0 aliphatic carbocycles. The highest BCUT2D eigenvalue weighted by Gasteiger charge is 2.20. The lowest BCUT2D eigenvalue weighted by Gasteiger charge is -2.11. The van der Waals surface area contributed by atoms with Gasteiger partial charge in [-0.15, -0.1) is 0 Å². The summed E-state index contributed by atoms with van der Waals surface area (Å²) in [4.78, 5) is 25.4. The minimum Gasteiger partial charge on any atom is -0.314 e. The van der Waals surface area contributed by atoms with Gasteiger partial charge in [0.05, 0.1) is 16.6 Å². The maximum absolute atomic E-state index is 13.0. The van der Waals surface area contributed by atoms with E-state index in [9.17, 15) is 9.59 Å². The molecule has 0 radical (unpaired) electrons. The van der Waals surface area contributed by atoms with Gasteiger partial charge < -0.3 is 4.57 Å². The molecule has 0 N–H and O–H groups in total. The molecule has 0 atom stereocenters. The van der Waals surface area contributed by atoms with Crippen LogP contribution in [0.4, 0.5) is 0 Å². The van der Waals surface area contributed by atoms with Crippen LogP contribution >= 0.6 is 15.9 Å². The van der Waals surface area contributed by atoms with Crippen LogP contribution in [-0.2, 0) is 14.1 Å². The van der Waals surface area contributed by atoms with Crippen molar-refractivity contribution in [3.8, 4) is 16.9 Å². The average molecular weight is 424 g/mol. The molecule has 0 unspecified atom stereocenters. The van der Waals surface area contributed by atoms with Gasteiger partial charge >= 0.3 is 5.69 Å². The first kappa shape index (κ1) is 17.5. The smallest absolute Gasteiger partial charge is 0.314 e. The Morgan fingerprint density at radius 3 is 2.30 bits per heavy atom. The first-order chi connectivity index (χ1) is 12.9. The lowest BCUT2D eigenvalue weighted by molar-refractivity contribution is 0.714. The number of nitrogens with zero attached hydrogens (tertiary/aromatic N) is 3. The van der Waals surface area contributed by atoms with Crippen LogP contribution in [0.5, 0.6) is 0 Å². The van der Waals surface area contributed by atoms with E-state index in [2.05, 4.69) is 22.0 Å². The van der Waals surface area contributed by atoms with Crippen LogP contribution in [0.1, 0.15) is 5.56 Å². The SMILES string of the molecule is Cc1cccc(-n2cc3c(c2-c2ccc(Br)cc2)c(=O)n(C)c(=O)n3C)c1. The Morgan fingerprint density at radius 2 is 1.63 bits per heavy atom. The Balaban J connectivity index is 2.21. The quantitative estimate of drug-likeness (QED) is 0.492. The molecule has 2 aromatic heterocycles. The molecule has 27 heavy (non-hydrogen) atoms. The van der Waals surface area contributed by atoms with E-state index < -0.39 is 0 Å². The van der Waals surface area contributed by atoms with Crippen molar-refractivity contribution >= 4 is 26.8 Å². The summed E-state index contributed by atoms with van der Waals surface area (Å²) in [7, 11) is 3.20. The highest BCUT2D eigenvalue weighted by molar-refractivity contribution is 9.10. The van der Waals surface area contributed by atoms with Crippen molar-refractivity contribution in [2.75, 3.05) is 0 Å². The zero-order valence-corrected chi connectivity index (χ0v) is 16.8. The van der Waals surface area contributed by atoms with Gasteiger partial charge in [-0.1, -0.05) is 40.2 Å². The first-order valence-electron chi connectivity index (χ1n) is 8.52. The molecule has 0 saturated carbocycles. The molecule has 0 bridgehead atoms. The summed E-state index contributed by atoms with van der Waals surface area (Å²) in [5.74, 6) is 0. The molecule has 136 valence electrons. The van der Waals surface area contributed by atoms with Crippen molar-refractivity contribution < 1.29 is 0 Å². The molecule has 0 aliphatic heterocycles. The van der Waals surface area contributed by atoms with E-state index in [1.807, 2.05) is 60.2 Å². The zero-order chi connectivity index (χ0) is 19.3. The monoisotopic (exact) mass is 423 g/mol. The molecule has 0 amide bonds. The topological polar surface area (TPSA) is 48.9 Å². The minimum atomic E-state index is -0.337. The van der Waals surface area contributed by atoms with Crippen molar-refractivity contribution in [2.24, 2.45) is 14.1 Å². The number of aromatic nitrogens is 3. The number of halogens is 1. The Hall–Kier alpha value is -2.86. The summed E-state index contributed by atoms with van der Waals surface area (Å²) in [6.45, 7) is 2.03. The summed E-state index contributed by atoms with van der Waals surface area (Å²) in [5, 5.41) is 0.531. The van der Waals surface area contributed by atoms with Gasteiger partial charge in [0.2, 0.25) is 0 Å². The van der Waals surface area contributed by atoms with E-state index in [0.717, 1.165) is 31.5 Å². The van der Waals surface area contributed by atoms with E-state index in [1.54, 1.807) is 7.05 Å². The van der Waals surface area contributed by atoms with Crippen molar-refractivity contribution in [3.63, 3.8) is 0 Å². The van der Waals surface area contributed by atoms with Crippen LogP contribution in [0, 0.1) is 6.92 Å². The van der Waals surface area contributed by atoms with Crippen LogP contribution in [0.25, 0.3) is 27.8 Å². The third-order valence-corrected chi connectivity index (χ3v) is 5.37. The van der Waals surface area contributed by atoms with E-state index in [-0.39, 0.29) is 11.2 Å². The standard InChI is InChI=1S/C21H18BrN3O2/c1-13-5-4-6-16(11-13)25-12-17-18(20(26)24(3)21(27)23(17)2)19(25)14-7-9-15(22)10-8-14/h4-12H,1-3H3. The summed E-state index contributed by atoms with van der Waals surface area (Å²) >= 11 is 3.46. The van der Waals surface area contributed by atoms with Gasteiger partial charge in [-0.05, 0) is 42.3 Å². The Kier molecular flexibility index (Phi) is 4.15. The summed E-state index contributed by atoms with van der Waals surface area (Å²) in [6.07, 6.45) is 1.87.